The Morgan fingerprint density at radius 1 is 0.850 bits per heavy atom. The van der Waals surface area contributed by atoms with Crippen molar-refractivity contribution in [1.29, 1.82) is 0 Å². The normalized spacial score (nSPS) is 10.5. The number of hydroxylamine groups is 2. The van der Waals surface area contributed by atoms with Gasteiger partial charge >= 0.3 is 12.1 Å². The summed E-state index contributed by atoms with van der Waals surface area (Å²) in [5.41, 5.74) is 8.14. The second kappa shape index (κ2) is 8.18. The third-order valence-electron chi connectivity index (χ3n) is 1.90. The van der Waals surface area contributed by atoms with Crippen molar-refractivity contribution in [2.45, 2.75) is 0 Å². The molecule has 20 heavy (non-hydrogen) atoms. The van der Waals surface area contributed by atoms with Crippen LogP contribution in [-0.2, 0) is 0 Å². The lowest BCUT2D eigenvalue weighted by atomic mass is 10.2. The van der Waals surface area contributed by atoms with Crippen LogP contribution in [0.4, 0.5) is 9.59 Å². The van der Waals surface area contributed by atoms with Gasteiger partial charge in [0.25, 0.3) is 0 Å². The van der Waals surface area contributed by atoms with Crippen LogP contribution in [0.1, 0.15) is 11.1 Å². The van der Waals surface area contributed by atoms with Crippen LogP contribution >= 0.6 is 0 Å². The van der Waals surface area contributed by atoms with E-state index in [0.29, 0.717) is 11.1 Å². The number of carbonyl (C=O) groups excluding carboxylic acids is 2. The summed E-state index contributed by atoms with van der Waals surface area (Å²) in [6, 6.07) is 5.06. The zero-order valence-corrected chi connectivity index (χ0v) is 10.1. The molecule has 6 N–H and O–H groups in total. The molecule has 0 saturated heterocycles. The summed E-state index contributed by atoms with van der Waals surface area (Å²) >= 11 is 0. The Labute approximate surface area is 113 Å². The Hall–Kier alpha value is -2.98. The minimum absolute atomic E-state index is 0.696. The summed E-state index contributed by atoms with van der Waals surface area (Å²) in [7, 11) is 0. The topological polar surface area (TPSA) is 147 Å². The van der Waals surface area contributed by atoms with Gasteiger partial charge in [0.15, 0.2) is 0 Å². The van der Waals surface area contributed by atoms with Gasteiger partial charge in [-0.1, -0.05) is 24.3 Å². The van der Waals surface area contributed by atoms with E-state index in [4.69, 9.17) is 10.4 Å². The Bertz CT molecular complexity index is 466. The largest absolute Gasteiger partial charge is 0.358 e. The van der Waals surface area contributed by atoms with Gasteiger partial charge in [-0.15, -0.1) is 0 Å². The first-order valence-corrected chi connectivity index (χ1v) is 5.22. The third kappa shape index (κ3) is 5.57. The van der Waals surface area contributed by atoms with Crippen molar-refractivity contribution in [1.82, 2.24) is 21.8 Å². The van der Waals surface area contributed by atoms with Gasteiger partial charge in [0, 0.05) is 0 Å². The van der Waals surface area contributed by atoms with E-state index in [9.17, 15) is 9.59 Å². The highest BCUT2D eigenvalue weighted by atomic mass is 16.5. The average Bonchev–Trinajstić information content (AvgIpc) is 2.48. The molecule has 0 aliphatic carbocycles. The van der Waals surface area contributed by atoms with E-state index in [-0.39, 0.29) is 0 Å². The van der Waals surface area contributed by atoms with Crippen LogP contribution in [0.2, 0.25) is 0 Å². The predicted molar refractivity (Wildman–Crippen MR) is 68.5 cm³/mol. The average molecular weight is 280 g/mol. The maximum atomic E-state index is 10.6. The first-order chi connectivity index (χ1) is 9.65. The van der Waals surface area contributed by atoms with E-state index >= 15 is 0 Å². The van der Waals surface area contributed by atoms with Crippen molar-refractivity contribution in [3.8, 4) is 0 Å². The molecule has 106 valence electrons. The Morgan fingerprint density at radius 2 is 1.20 bits per heavy atom. The molecule has 0 spiro atoms. The van der Waals surface area contributed by atoms with Crippen LogP contribution in [0.15, 0.2) is 34.5 Å². The first kappa shape index (κ1) is 15.1. The van der Waals surface area contributed by atoms with E-state index in [1.807, 2.05) is 10.9 Å². The highest BCUT2D eigenvalue weighted by Gasteiger charge is 1.94. The zero-order chi connectivity index (χ0) is 14.8. The SMILES string of the molecule is O=C(NO)N/N=C\c1ccc(/C=N\NC(=O)NO)cc1. The van der Waals surface area contributed by atoms with Crippen LogP contribution in [0.3, 0.4) is 0 Å². The monoisotopic (exact) mass is 280 g/mol. The second-order valence-corrected chi connectivity index (χ2v) is 3.29. The lowest BCUT2D eigenvalue weighted by Gasteiger charge is -1.97. The Balaban J connectivity index is 2.51. The van der Waals surface area contributed by atoms with E-state index < -0.39 is 12.1 Å². The summed E-state index contributed by atoms with van der Waals surface area (Å²) in [6.45, 7) is 0. The van der Waals surface area contributed by atoms with Crippen LogP contribution < -0.4 is 21.8 Å². The van der Waals surface area contributed by atoms with Crippen LogP contribution in [0.5, 0.6) is 0 Å². The van der Waals surface area contributed by atoms with Gasteiger partial charge in [0.05, 0.1) is 12.4 Å². The van der Waals surface area contributed by atoms with Gasteiger partial charge in [-0.25, -0.2) is 31.4 Å². The fourth-order valence-electron chi connectivity index (χ4n) is 1.05. The van der Waals surface area contributed by atoms with Crippen molar-refractivity contribution in [3.63, 3.8) is 0 Å². The number of benzene rings is 1. The summed E-state index contributed by atoms with van der Waals surface area (Å²) in [4.78, 5) is 21.2. The maximum Gasteiger partial charge on any atom is 0.358 e. The predicted octanol–water partition coefficient (Wildman–Crippen LogP) is -0.269. The molecule has 0 bridgehead atoms. The number of hydrazone groups is 2. The lowest BCUT2D eigenvalue weighted by Crippen LogP contribution is -2.29. The fraction of sp³-hybridized carbons (Fsp3) is 0. The molecule has 10 heteroatoms. The highest BCUT2D eigenvalue weighted by molar-refractivity contribution is 5.85. The molecule has 10 nitrogen and oxygen atoms in total. The molecule has 0 saturated carbocycles. The van der Waals surface area contributed by atoms with Gasteiger partial charge in [-0.3, -0.25) is 10.4 Å². The summed E-state index contributed by atoms with van der Waals surface area (Å²) in [5, 5.41) is 23.5. The van der Waals surface area contributed by atoms with Gasteiger partial charge in [0.1, 0.15) is 0 Å². The molecule has 0 atom stereocenters. The van der Waals surface area contributed by atoms with Crippen LogP contribution in [0, 0.1) is 0 Å². The third-order valence-corrected chi connectivity index (χ3v) is 1.90. The molecule has 1 aromatic rings. The van der Waals surface area contributed by atoms with Crippen molar-refractivity contribution in [2.75, 3.05) is 0 Å². The molecule has 1 aromatic carbocycles. The van der Waals surface area contributed by atoms with Gasteiger partial charge in [0.2, 0.25) is 0 Å². The summed E-state index contributed by atoms with van der Waals surface area (Å²) in [6.07, 6.45) is 2.74. The maximum absolute atomic E-state index is 10.6. The molecule has 4 amide bonds. The smallest absolute Gasteiger partial charge is 0.287 e. The molecular weight excluding hydrogens is 268 g/mol. The Kier molecular flexibility index (Phi) is 6.17. The number of hydrogen-bond acceptors (Lipinski definition) is 6. The molecular formula is C10H12N6O4. The minimum atomic E-state index is -0.849. The number of urea groups is 2. The molecule has 0 fully saturated rings. The number of carbonyl (C=O) groups is 2. The number of amides is 4. The molecule has 0 aliphatic rings. The number of hydrogen-bond donors (Lipinski definition) is 6. The number of nitrogens with one attached hydrogen (secondary N) is 4. The highest BCUT2D eigenvalue weighted by Crippen LogP contribution is 1.99. The van der Waals surface area contributed by atoms with Crippen molar-refractivity contribution in [2.24, 2.45) is 10.2 Å². The molecule has 0 aromatic heterocycles. The van der Waals surface area contributed by atoms with E-state index in [1.54, 1.807) is 24.3 Å². The lowest BCUT2D eigenvalue weighted by molar-refractivity contribution is 0.162. The zero-order valence-electron chi connectivity index (χ0n) is 10.1. The van der Waals surface area contributed by atoms with Gasteiger partial charge in [-0.05, 0) is 11.1 Å². The van der Waals surface area contributed by atoms with Crippen LogP contribution in [-0.4, -0.2) is 34.9 Å². The van der Waals surface area contributed by atoms with Crippen molar-refractivity contribution < 1.29 is 20.0 Å². The molecule has 0 unspecified atom stereocenters. The Morgan fingerprint density at radius 3 is 1.50 bits per heavy atom. The standard InChI is InChI=1S/C10H12N6O4/c17-9(15-19)13-11-5-7-1-2-8(4-3-7)6-12-14-10(18)16-20/h1-6,19-20H,(H2,13,15,17)(H2,14,16,18)/b11-5-,12-6-. The summed E-state index contributed by atoms with van der Waals surface area (Å²) in [5.74, 6) is 0. The van der Waals surface area contributed by atoms with E-state index in [0.717, 1.165) is 0 Å². The molecule has 1 rings (SSSR count). The van der Waals surface area contributed by atoms with Gasteiger partial charge < -0.3 is 0 Å². The van der Waals surface area contributed by atoms with E-state index in [2.05, 4.69) is 10.2 Å². The number of rotatable bonds is 4. The van der Waals surface area contributed by atoms with Crippen molar-refractivity contribution in [3.05, 3.63) is 35.4 Å². The van der Waals surface area contributed by atoms with Gasteiger partial charge in [-0.2, -0.15) is 10.2 Å². The van der Waals surface area contributed by atoms with Crippen molar-refractivity contribution >= 4 is 24.5 Å². The fourth-order valence-corrected chi connectivity index (χ4v) is 1.05. The molecule has 0 heterocycles. The summed E-state index contributed by atoms with van der Waals surface area (Å²) < 4.78 is 0. The van der Waals surface area contributed by atoms with Crippen LogP contribution in [0.25, 0.3) is 0 Å². The molecule has 0 radical (unpaired) electrons. The van der Waals surface area contributed by atoms with E-state index in [1.165, 1.54) is 23.4 Å². The second-order valence-electron chi connectivity index (χ2n) is 3.29. The first-order valence-electron chi connectivity index (χ1n) is 5.22. The quantitative estimate of drug-likeness (QED) is 0.256. The number of nitrogens with zero attached hydrogens (tertiary/aromatic N) is 2. The molecule has 0 aliphatic heterocycles. The minimum Gasteiger partial charge on any atom is -0.287 e.